The van der Waals surface area contributed by atoms with Gasteiger partial charge in [0.05, 0.1) is 11.4 Å². The lowest BCUT2D eigenvalue weighted by atomic mass is 10.1. The van der Waals surface area contributed by atoms with E-state index in [0.717, 1.165) is 18.7 Å². The van der Waals surface area contributed by atoms with E-state index in [1.807, 2.05) is 6.07 Å². The van der Waals surface area contributed by atoms with Crippen LogP contribution in [-0.4, -0.2) is 18.5 Å². The van der Waals surface area contributed by atoms with Crippen molar-refractivity contribution in [1.82, 2.24) is 0 Å². The number of nitrogen functional groups attached to an aromatic ring is 1. The number of hydrogen-bond acceptors (Lipinski definition) is 3. The maximum Gasteiger partial charge on any atom is 0.248 e. The highest BCUT2D eigenvalue weighted by atomic mass is 16.1. The zero-order valence-electron chi connectivity index (χ0n) is 13.1. The fourth-order valence-electron chi connectivity index (χ4n) is 3.08. The summed E-state index contributed by atoms with van der Waals surface area (Å²) in [6, 6.07) is 6.01. The summed E-state index contributed by atoms with van der Waals surface area (Å²) in [6.07, 6.45) is 6.20. The first-order valence-electron chi connectivity index (χ1n) is 7.95. The standard InChI is InChI=1S/C17H27N3O/c1-12(2)9-10-20(14-5-3-4-6-14)16-8-7-13(17(19)21)11-15(16)18/h7-8,11-12,14H,3-6,9-10,18H2,1-2H3,(H2,19,21). The minimum atomic E-state index is -0.428. The first kappa shape index (κ1) is 15.7. The Balaban J connectivity index is 2.24. The van der Waals surface area contributed by atoms with Crippen molar-refractivity contribution in [2.24, 2.45) is 11.7 Å². The molecule has 1 fully saturated rings. The summed E-state index contributed by atoms with van der Waals surface area (Å²) in [6.45, 7) is 5.50. The zero-order chi connectivity index (χ0) is 15.4. The van der Waals surface area contributed by atoms with Crippen LogP contribution < -0.4 is 16.4 Å². The smallest absolute Gasteiger partial charge is 0.248 e. The highest BCUT2D eigenvalue weighted by Crippen LogP contribution is 2.32. The van der Waals surface area contributed by atoms with E-state index in [2.05, 4.69) is 18.7 Å². The van der Waals surface area contributed by atoms with E-state index in [1.165, 1.54) is 25.7 Å². The lowest BCUT2D eigenvalue weighted by Gasteiger charge is -2.33. The van der Waals surface area contributed by atoms with Crippen LogP contribution in [0, 0.1) is 5.92 Å². The first-order chi connectivity index (χ1) is 9.99. The molecule has 0 radical (unpaired) electrons. The maximum absolute atomic E-state index is 11.3. The molecular formula is C17H27N3O. The van der Waals surface area contributed by atoms with E-state index < -0.39 is 5.91 Å². The highest BCUT2D eigenvalue weighted by molar-refractivity contribution is 5.94. The molecule has 1 saturated carbocycles. The summed E-state index contributed by atoms with van der Waals surface area (Å²) >= 11 is 0. The van der Waals surface area contributed by atoms with Crippen LogP contribution in [0.3, 0.4) is 0 Å². The second-order valence-corrected chi connectivity index (χ2v) is 6.45. The molecule has 1 aliphatic rings. The number of primary amides is 1. The van der Waals surface area contributed by atoms with E-state index in [9.17, 15) is 4.79 Å². The third-order valence-electron chi connectivity index (χ3n) is 4.33. The van der Waals surface area contributed by atoms with E-state index in [-0.39, 0.29) is 0 Å². The van der Waals surface area contributed by atoms with Crippen molar-refractivity contribution in [3.05, 3.63) is 23.8 Å². The molecule has 4 N–H and O–H groups in total. The number of nitrogens with two attached hydrogens (primary N) is 2. The average molecular weight is 289 g/mol. The molecule has 0 heterocycles. The SMILES string of the molecule is CC(C)CCN(c1ccc(C(N)=O)cc1N)C1CCCC1. The van der Waals surface area contributed by atoms with Crippen LogP contribution in [0.1, 0.15) is 56.3 Å². The van der Waals surface area contributed by atoms with Crippen LogP contribution in [0.25, 0.3) is 0 Å². The van der Waals surface area contributed by atoms with Gasteiger partial charge in [0.2, 0.25) is 5.91 Å². The molecular weight excluding hydrogens is 262 g/mol. The number of nitrogens with zero attached hydrogens (tertiary/aromatic N) is 1. The molecule has 116 valence electrons. The fraction of sp³-hybridized carbons (Fsp3) is 0.588. The summed E-state index contributed by atoms with van der Waals surface area (Å²) in [5, 5.41) is 0. The number of carbonyl (C=O) groups excluding carboxylic acids is 1. The van der Waals surface area contributed by atoms with Crippen molar-refractivity contribution < 1.29 is 4.79 Å². The Morgan fingerprint density at radius 2 is 2.00 bits per heavy atom. The molecule has 1 aliphatic carbocycles. The summed E-state index contributed by atoms with van der Waals surface area (Å²) in [4.78, 5) is 13.7. The predicted molar refractivity (Wildman–Crippen MR) is 88.4 cm³/mol. The molecule has 0 atom stereocenters. The van der Waals surface area contributed by atoms with Crippen molar-refractivity contribution in [2.75, 3.05) is 17.2 Å². The Labute approximate surface area is 127 Å². The van der Waals surface area contributed by atoms with Crippen molar-refractivity contribution in [3.8, 4) is 0 Å². The minimum Gasteiger partial charge on any atom is -0.397 e. The fourth-order valence-corrected chi connectivity index (χ4v) is 3.08. The Morgan fingerprint density at radius 1 is 1.33 bits per heavy atom. The van der Waals surface area contributed by atoms with Gasteiger partial charge in [0, 0.05) is 18.2 Å². The van der Waals surface area contributed by atoms with Gasteiger partial charge in [-0.2, -0.15) is 0 Å². The lowest BCUT2D eigenvalue weighted by Crippen LogP contribution is -2.35. The van der Waals surface area contributed by atoms with Crippen LogP contribution >= 0.6 is 0 Å². The van der Waals surface area contributed by atoms with E-state index in [1.54, 1.807) is 12.1 Å². The van der Waals surface area contributed by atoms with Crippen LogP contribution in [0.4, 0.5) is 11.4 Å². The third-order valence-corrected chi connectivity index (χ3v) is 4.33. The zero-order valence-corrected chi connectivity index (χ0v) is 13.1. The van der Waals surface area contributed by atoms with Gasteiger partial charge in [-0.25, -0.2) is 0 Å². The number of amides is 1. The Kier molecular flexibility index (Phi) is 5.10. The molecule has 0 bridgehead atoms. The quantitative estimate of drug-likeness (QED) is 0.790. The largest absolute Gasteiger partial charge is 0.397 e. The second kappa shape index (κ2) is 6.83. The molecule has 0 spiro atoms. The minimum absolute atomic E-state index is 0.428. The maximum atomic E-state index is 11.3. The lowest BCUT2D eigenvalue weighted by molar-refractivity contribution is 0.100. The van der Waals surface area contributed by atoms with Crippen LogP contribution in [-0.2, 0) is 0 Å². The molecule has 1 aromatic rings. The van der Waals surface area contributed by atoms with Crippen molar-refractivity contribution in [3.63, 3.8) is 0 Å². The summed E-state index contributed by atoms with van der Waals surface area (Å²) in [7, 11) is 0. The van der Waals surface area contributed by atoms with Gasteiger partial charge in [0.25, 0.3) is 0 Å². The molecule has 0 aromatic heterocycles. The van der Waals surface area contributed by atoms with Gasteiger partial charge in [-0.15, -0.1) is 0 Å². The van der Waals surface area contributed by atoms with Gasteiger partial charge < -0.3 is 16.4 Å². The molecule has 4 heteroatoms. The van der Waals surface area contributed by atoms with Crippen molar-refractivity contribution in [2.45, 2.75) is 52.0 Å². The first-order valence-corrected chi connectivity index (χ1v) is 7.95. The molecule has 4 nitrogen and oxygen atoms in total. The third kappa shape index (κ3) is 3.90. The van der Waals surface area contributed by atoms with E-state index in [0.29, 0.717) is 23.2 Å². The number of anilines is 2. The molecule has 1 aromatic carbocycles. The van der Waals surface area contributed by atoms with Crippen LogP contribution in [0.2, 0.25) is 0 Å². The Bertz CT molecular complexity index is 493. The summed E-state index contributed by atoms with van der Waals surface area (Å²) in [5.74, 6) is 0.239. The Hall–Kier alpha value is -1.71. The highest BCUT2D eigenvalue weighted by Gasteiger charge is 2.24. The molecule has 0 unspecified atom stereocenters. The molecule has 0 aliphatic heterocycles. The number of benzene rings is 1. The van der Waals surface area contributed by atoms with E-state index in [4.69, 9.17) is 11.5 Å². The molecule has 1 amide bonds. The van der Waals surface area contributed by atoms with Gasteiger partial charge in [-0.1, -0.05) is 26.7 Å². The number of carbonyl (C=O) groups is 1. The van der Waals surface area contributed by atoms with Gasteiger partial charge in [-0.3, -0.25) is 4.79 Å². The van der Waals surface area contributed by atoms with Crippen molar-refractivity contribution in [1.29, 1.82) is 0 Å². The monoisotopic (exact) mass is 289 g/mol. The average Bonchev–Trinajstić information content (AvgIpc) is 2.94. The number of hydrogen-bond donors (Lipinski definition) is 2. The molecule has 0 saturated heterocycles. The van der Waals surface area contributed by atoms with E-state index >= 15 is 0 Å². The van der Waals surface area contributed by atoms with Crippen LogP contribution in [0.15, 0.2) is 18.2 Å². The van der Waals surface area contributed by atoms with Crippen molar-refractivity contribution >= 4 is 17.3 Å². The summed E-state index contributed by atoms with van der Waals surface area (Å²) in [5.41, 5.74) is 13.7. The molecule has 2 rings (SSSR count). The van der Waals surface area contributed by atoms with Gasteiger partial charge >= 0.3 is 0 Å². The second-order valence-electron chi connectivity index (χ2n) is 6.45. The summed E-state index contributed by atoms with van der Waals surface area (Å²) < 4.78 is 0. The topological polar surface area (TPSA) is 72.3 Å². The number of rotatable bonds is 6. The van der Waals surface area contributed by atoms with Crippen LogP contribution in [0.5, 0.6) is 0 Å². The van der Waals surface area contributed by atoms with Gasteiger partial charge in [0.15, 0.2) is 0 Å². The predicted octanol–water partition coefficient (Wildman–Crippen LogP) is 3.16. The normalized spacial score (nSPS) is 15.6. The Morgan fingerprint density at radius 3 is 2.52 bits per heavy atom. The molecule has 21 heavy (non-hydrogen) atoms. The van der Waals surface area contributed by atoms with Gasteiger partial charge in [0.1, 0.15) is 0 Å². The van der Waals surface area contributed by atoms with Gasteiger partial charge in [-0.05, 0) is 43.4 Å².